The van der Waals surface area contributed by atoms with E-state index in [2.05, 4.69) is 4.98 Å². The number of rotatable bonds is 0. The zero-order valence-electron chi connectivity index (χ0n) is 8.19. The molecular formula is C9H12N4O. The Morgan fingerprint density at radius 2 is 2.14 bits per heavy atom. The predicted molar refractivity (Wildman–Crippen MR) is 53.9 cm³/mol. The van der Waals surface area contributed by atoms with E-state index in [-0.39, 0.29) is 6.03 Å². The van der Waals surface area contributed by atoms with Crippen molar-refractivity contribution < 1.29 is 4.79 Å². The first-order valence-electron chi connectivity index (χ1n) is 4.34. The third-order valence-corrected chi connectivity index (χ3v) is 2.33. The number of carbonyl (C=O) groups is 1. The van der Waals surface area contributed by atoms with Gasteiger partial charge in [-0.2, -0.15) is 0 Å². The Morgan fingerprint density at radius 1 is 1.43 bits per heavy atom. The molecular weight excluding hydrogens is 180 g/mol. The van der Waals surface area contributed by atoms with Crippen LogP contribution in [0.2, 0.25) is 0 Å². The van der Waals surface area contributed by atoms with E-state index in [1.807, 2.05) is 6.07 Å². The van der Waals surface area contributed by atoms with Crippen LogP contribution in [-0.4, -0.2) is 30.0 Å². The number of hydrogen-bond acceptors (Lipinski definition) is 3. The number of nitrogens with zero attached hydrogens (tertiary/aromatic N) is 3. The van der Waals surface area contributed by atoms with E-state index in [9.17, 15) is 4.79 Å². The highest BCUT2D eigenvalue weighted by Gasteiger charge is 2.25. The molecule has 0 atom stereocenters. The van der Waals surface area contributed by atoms with Gasteiger partial charge in [0.05, 0.1) is 17.9 Å². The summed E-state index contributed by atoms with van der Waals surface area (Å²) in [4.78, 5) is 18.9. The van der Waals surface area contributed by atoms with Crippen LogP contribution in [0.5, 0.6) is 0 Å². The first-order chi connectivity index (χ1) is 6.59. The van der Waals surface area contributed by atoms with Crippen molar-refractivity contribution in [2.75, 3.05) is 24.7 Å². The van der Waals surface area contributed by atoms with Crippen molar-refractivity contribution in [3.05, 3.63) is 17.8 Å². The van der Waals surface area contributed by atoms with E-state index >= 15 is 0 Å². The zero-order valence-corrected chi connectivity index (χ0v) is 8.19. The van der Waals surface area contributed by atoms with Crippen LogP contribution in [0.4, 0.5) is 16.3 Å². The Bertz CT molecular complexity index is 390. The van der Waals surface area contributed by atoms with Gasteiger partial charge in [-0.05, 0) is 12.1 Å². The summed E-state index contributed by atoms with van der Waals surface area (Å²) in [6.07, 6.45) is 0. The fraction of sp³-hybridized carbons (Fsp3) is 0.333. The van der Waals surface area contributed by atoms with Gasteiger partial charge in [0.15, 0.2) is 0 Å². The zero-order chi connectivity index (χ0) is 10.3. The number of amides is 2. The second-order valence-corrected chi connectivity index (χ2v) is 3.40. The number of urea groups is 1. The molecule has 0 bridgehead atoms. The fourth-order valence-corrected chi connectivity index (χ4v) is 1.58. The van der Waals surface area contributed by atoms with Gasteiger partial charge in [0.1, 0.15) is 5.82 Å². The van der Waals surface area contributed by atoms with Crippen LogP contribution in [-0.2, 0) is 6.54 Å². The molecule has 1 aliphatic heterocycles. The summed E-state index contributed by atoms with van der Waals surface area (Å²) >= 11 is 0. The summed E-state index contributed by atoms with van der Waals surface area (Å²) < 4.78 is 0. The molecule has 1 aromatic rings. The molecule has 0 saturated heterocycles. The number of hydrogen-bond donors (Lipinski definition) is 1. The smallest absolute Gasteiger partial charge is 0.324 e. The summed E-state index contributed by atoms with van der Waals surface area (Å²) in [6, 6.07) is 3.50. The molecule has 1 aromatic heterocycles. The number of nitrogens with two attached hydrogens (primary N) is 1. The number of anilines is 2. The van der Waals surface area contributed by atoms with Gasteiger partial charge >= 0.3 is 6.03 Å². The van der Waals surface area contributed by atoms with Crippen molar-refractivity contribution in [1.29, 1.82) is 0 Å². The van der Waals surface area contributed by atoms with E-state index in [0.29, 0.717) is 12.4 Å². The van der Waals surface area contributed by atoms with E-state index in [0.717, 1.165) is 11.4 Å². The van der Waals surface area contributed by atoms with E-state index < -0.39 is 0 Å². The maximum atomic E-state index is 11.6. The molecule has 0 aliphatic carbocycles. The molecule has 2 heterocycles. The highest BCUT2D eigenvalue weighted by Crippen LogP contribution is 2.25. The Hall–Kier alpha value is -1.78. The van der Waals surface area contributed by atoms with Gasteiger partial charge in [-0.1, -0.05) is 0 Å². The lowest BCUT2D eigenvalue weighted by Gasteiger charge is -2.31. The molecule has 2 amide bonds. The molecule has 5 heteroatoms. The van der Waals surface area contributed by atoms with E-state index in [1.54, 1.807) is 30.0 Å². The molecule has 0 saturated carbocycles. The number of pyridine rings is 1. The molecule has 0 fully saturated rings. The molecule has 0 unspecified atom stereocenters. The minimum absolute atomic E-state index is 0.0240. The quantitative estimate of drug-likeness (QED) is 0.657. The van der Waals surface area contributed by atoms with Crippen molar-refractivity contribution in [2.45, 2.75) is 6.54 Å². The maximum Gasteiger partial charge on any atom is 0.324 e. The van der Waals surface area contributed by atoms with Crippen LogP contribution >= 0.6 is 0 Å². The first kappa shape index (κ1) is 8.80. The van der Waals surface area contributed by atoms with Gasteiger partial charge in [-0.25, -0.2) is 9.78 Å². The standard InChI is InChI=1S/C9H12N4O/c1-12-5-6-7(13(2)9(12)14)3-4-8(10)11-6/h3-4H,5H2,1-2H3,(H2,10,11). The van der Waals surface area contributed by atoms with Crippen LogP contribution in [0.3, 0.4) is 0 Å². The summed E-state index contributed by atoms with van der Waals surface area (Å²) in [6.45, 7) is 0.517. The molecule has 74 valence electrons. The lowest BCUT2D eigenvalue weighted by atomic mass is 10.2. The van der Waals surface area contributed by atoms with Crippen LogP contribution < -0.4 is 10.6 Å². The fourth-order valence-electron chi connectivity index (χ4n) is 1.58. The summed E-state index contributed by atoms with van der Waals surface area (Å²) in [5, 5.41) is 0. The number of fused-ring (bicyclic) bond motifs is 1. The number of carbonyl (C=O) groups excluding carboxylic acids is 1. The Kier molecular flexibility index (Phi) is 1.80. The topological polar surface area (TPSA) is 62.5 Å². The molecule has 14 heavy (non-hydrogen) atoms. The average molecular weight is 192 g/mol. The molecule has 0 spiro atoms. The second-order valence-electron chi connectivity index (χ2n) is 3.40. The van der Waals surface area contributed by atoms with E-state index in [4.69, 9.17) is 5.73 Å². The van der Waals surface area contributed by atoms with Gasteiger partial charge in [0.25, 0.3) is 0 Å². The van der Waals surface area contributed by atoms with Crippen molar-refractivity contribution in [3.63, 3.8) is 0 Å². The Morgan fingerprint density at radius 3 is 2.86 bits per heavy atom. The third kappa shape index (κ3) is 1.17. The van der Waals surface area contributed by atoms with Crippen molar-refractivity contribution in [2.24, 2.45) is 0 Å². The molecule has 2 rings (SSSR count). The molecule has 0 aromatic carbocycles. The minimum Gasteiger partial charge on any atom is -0.384 e. The van der Waals surface area contributed by atoms with Gasteiger partial charge in [-0.15, -0.1) is 0 Å². The van der Waals surface area contributed by atoms with Crippen LogP contribution in [0.25, 0.3) is 0 Å². The SMILES string of the molecule is CN1Cc2nc(N)ccc2N(C)C1=O. The van der Waals surface area contributed by atoms with Gasteiger partial charge in [0, 0.05) is 14.1 Å². The maximum absolute atomic E-state index is 11.6. The molecule has 5 nitrogen and oxygen atoms in total. The summed E-state index contributed by atoms with van der Waals surface area (Å²) in [5.74, 6) is 0.486. The van der Waals surface area contributed by atoms with Crippen molar-refractivity contribution in [1.82, 2.24) is 9.88 Å². The normalized spacial score (nSPS) is 15.7. The number of nitrogen functional groups attached to an aromatic ring is 1. The molecule has 1 aliphatic rings. The monoisotopic (exact) mass is 192 g/mol. The second kappa shape index (κ2) is 2.87. The Balaban J connectivity index is 2.50. The van der Waals surface area contributed by atoms with Gasteiger partial charge in [-0.3, -0.25) is 4.90 Å². The molecule has 0 radical (unpaired) electrons. The highest BCUT2D eigenvalue weighted by molar-refractivity contribution is 5.93. The summed E-state index contributed by atoms with van der Waals surface area (Å²) in [5.41, 5.74) is 7.25. The third-order valence-electron chi connectivity index (χ3n) is 2.33. The molecule has 2 N–H and O–H groups in total. The minimum atomic E-state index is -0.0240. The van der Waals surface area contributed by atoms with Crippen LogP contribution in [0, 0.1) is 0 Å². The van der Waals surface area contributed by atoms with Crippen molar-refractivity contribution in [3.8, 4) is 0 Å². The predicted octanol–water partition coefficient (Wildman–Crippen LogP) is 0.665. The lowest BCUT2D eigenvalue weighted by molar-refractivity contribution is 0.211. The highest BCUT2D eigenvalue weighted by atomic mass is 16.2. The van der Waals surface area contributed by atoms with Crippen LogP contribution in [0.1, 0.15) is 5.69 Å². The average Bonchev–Trinajstić information content (AvgIpc) is 2.14. The van der Waals surface area contributed by atoms with Gasteiger partial charge in [0.2, 0.25) is 0 Å². The lowest BCUT2D eigenvalue weighted by Crippen LogP contribution is -2.43. The van der Waals surface area contributed by atoms with Gasteiger partial charge < -0.3 is 10.6 Å². The van der Waals surface area contributed by atoms with Crippen LogP contribution in [0.15, 0.2) is 12.1 Å². The summed E-state index contributed by atoms with van der Waals surface area (Å²) in [7, 11) is 3.47. The number of aromatic nitrogens is 1. The Labute approximate surface area is 82.1 Å². The first-order valence-corrected chi connectivity index (χ1v) is 4.34. The largest absolute Gasteiger partial charge is 0.384 e. The van der Waals surface area contributed by atoms with Crippen molar-refractivity contribution >= 4 is 17.5 Å². The van der Waals surface area contributed by atoms with E-state index in [1.165, 1.54) is 0 Å².